The summed E-state index contributed by atoms with van der Waals surface area (Å²) in [5.74, 6) is 1.56. The number of amides is 1. The number of benzene rings is 2. The summed E-state index contributed by atoms with van der Waals surface area (Å²) >= 11 is 0. The van der Waals surface area contributed by atoms with Gasteiger partial charge in [-0.15, -0.1) is 0 Å². The number of carbonyl (C=O) groups is 1. The van der Waals surface area contributed by atoms with Gasteiger partial charge in [0.15, 0.2) is 11.5 Å². The van der Waals surface area contributed by atoms with E-state index in [9.17, 15) is 4.79 Å². The fraction of sp³-hybridized carbons (Fsp3) is 0.458. The van der Waals surface area contributed by atoms with Gasteiger partial charge in [0.1, 0.15) is 12.7 Å². The van der Waals surface area contributed by atoms with Crippen LogP contribution in [0.5, 0.6) is 11.5 Å². The average molecular weight is 411 g/mol. The van der Waals surface area contributed by atoms with E-state index >= 15 is 0 Å². The van der Waals surface area contributed by atoms with E-state index in [1.807, 2.05) is 42.3 Å². The molecule has 0 aromatic heterocycles. The van der Waals surface area contributed by atoms with Gasteiger partial charge < -0.3 is 19.5 Å². The zero-order chi connectivity index (χ0) is 20.8. The molecular formula is C24H30N2O4. The van der Waals surface area contributed by atoms with Crippen LogP contribution in [0, 0.1) is 0 Å². The Balaban J connectivity index is 1.28. The normalized spacial score (nSPS) is 20.0. The van der Waals surface area contributed by atoms with Crippen molar-refractivity contribution in [2.45, 2.75) is 24.4 Å². The van der Waals surface area contributed by atoms with Crippen LogP contribution in [-0.2, 0) is 14.9 Å². The highest BCUT2D eigenvalue weighted by Crippen LogP contribution is 2.34. The first kappa shape index (κ1) is 20.7. The van der Waals surface area contributed by atoms with Crippen LogP contribution in [0.3, 0.4) is 0 Å². The van der Waals surface area contributed by atoms with E-state index in [0.29, 0.717) is 26.2 Å². The smallest absolute Gasteiger partial charge is 0.234 e. The number of ether oxygens (including phenoxy) is 3. The van der Waals surface area contributed by atoms with E-state index in [-0.39, 0.29) is 17.4 Å². The van der Waals surface area contributed by atoms with Crippen molar-refractivity contribution in [1.82, 2.24) is 10.2 Å². The third-order valence-corrected chi connectivity index (χ3v) is 5.96. The molecule has 1 saturated heterocycles. The molecule has 2 aliphatic heterocycles. The Morgan fingerprint density at radius 3 is 2.53 bits per heavy atom. The number of nitrogens with one attached hydrogen (secondary N) is 1. The lowest BCUT2D eigenvalue weighted by atomic mass is 9.74. The van der Waals surface area contributed by atoms with Gasteiger partial charge in [-0.05, 0) is 37.6 Å². The van der Waals surface area contributed by atoms with Crippen molar-refractivity contribution in [1.29, 1.82) is 0 Å². The van der Waals surface area contributed by atoms with Crippen molar-refractivity contribution in [3.05, 3.63) is 60.2 Å². The molecule has 2 aromatic rings. The quantitative estimate of drug-likeness (QED) is 0.760. The fourth-order valence-electron chi connectivity index (χ4n) is 4.26. The van der Waals surface area contributed by atoms with Crippen molar-refractivity contribution in [3.63, 3.8) is 0 Å². The van der Waals surface area contributed by atoms with Gasteiger partial charge in [-0.2, -0.15) is 0 Å². The number of fused-ring (bicyclic) bond motifs is 1. The number of rotatable bonds is 7. The van der Waals surface area contributed by atoms with E-state index < -0.39 is 0 Å². The summed E-state index contributed by atoms with van der Waals surface area (Å²) in [5, 5.41) is 3.17. The Labute approximate surface area is 178 Å². The van der Waals surface area contributed by atoms with Gasteiger partial charge in [-0.1, -0.05) is 42.5 Å². The SMILES string of the molecule is CN(CC(=O)NCC1(c2ccccc2)CCOCC1)CC1COc2ccccc2O1. The van der Waals surface area contributed by atoms with E-state index in [4.69, 9.17) is 14.2 Å². The molecule has 1 fully saturated rings. The van der Waals surface area contributed by atoms with Crippen LogP contribution in [0.25, 0.3) is 0 Å². The summed E-state index contributed by atoms with van der Waals surface area (Å²) in [4.78, 5) is 14.6. The topological polar surface area (TPSA) is 60.0 Å². The number of likely N-dealkylation sites (N-methyl/N-ethyl adjacent to an activating group) is 1. The maximum atomic E-state index is 12.7. The summed E-state index contributed by atoms with van der Waals surface area (Å²) in [6.07, 6.45) is 1.74. The van der Waals surface area contributed by atoms with Gasteiger partial charge in [0.2, 0.25) is 5.91 Å². The highest BCUT2D eigenvalue weighted by molar-refractivity contribution is 5.78. The van der Waals surface area contributed by atoms with Crippen LogP contribution in [0.2, 0.25) is 0 Å². The number of hydrogen-bond donors (Lipinski definition) is 1. The van der Waals surface area contributed by atoms with Crippen molar-refractivity contribution in [3.8, 4) is 11.5 Å². The molecule has 1 N–H and O–H groups in total. The molecule has 0 saturated carbocycles. The van der Waals surface area contributed by atoms with Gasteiger partial charge in [0, 0.05) is 31.7 Å². The first-order chi connectivity index (χ1) is 14.6. The first-order valence-electron chi connectivity index (χ1n) is 10.6. The first-order valence-corrected chi connectivity index (χ1v) is 10.6. The molecule has 0 spiro atoms. The molecule has 1 amide bonds. The molecular weight excluding hydrogens is 380 g/mol. The molecule has 6 nitrogen and oxygen atoms in total. The maximum Gasteiger partial charge on any atom is 0.234 e. The molecule has 30 heavy (non-hydrogen) atoms. The molecule has 2 aliphatic rings. The Bertz CT molecular complexity index is 836. The molecule has 6 heteroatoms. The highest BCUT2D eigenvalue weighted by atomic mass is 16.6. The Kier molecular flexibility index (Phi) is 6.55. The van der Waals surface area contributed by atoms with Crippen LogP contribution in [0.1, 0.15) is 18.4 Å². The Hall–Kier alpha value is -2.57. The lowest BCUT2D eigenvalue weighted by molar-refractivity contribution is -0.122. The second-order valence-electron chi connectivity index (χ2n) is 8.23. The highest BCUT2D eigenvalue weighted by Gasteiger charge is 2.34. The molecule has 160 valence electrons. The summed E-state index contributed by atoms with van der Waals surface area (Å²) in [5.41, 5.74) is 1.21. The third kappa shape index (κ3) is 4.94. The monoisotopic (exact) mass is 410 g/mol. The predicted octanol–water partition coefficient (Wildman–Crippen LogP) is 2.62. The van der Waals surface area contributed by atoms with Gasteiger partial charge >= 0.3 is 0 Å². The van der Waals surface area contributed by atoms with E-state index in [1.165, 1.54) is 5.56 Å². The number of para-hydroxylation sites is 2. The lowest BCUT2D eigenvalue weighted by Gasteiger charge is -2.38. The van der Waals surface area contributed by atoms with Crippen molar-refractivity contribution in [2.24, 2.45) is 0 Å². The fourth-order valence-corrected chi connectivity index (χ4v) is 4.26. The average Bonchev–Trinajstić information content (AvgIpc) is 2.79. The van der Waals surface area contributed by atoms with Crippen LogP contribution in [0.4, 0.5) is 0 Å². The van der Waals surface area contributed by atoms with Crippen LogP contribution in [-0.4, -0.2) is 63.4 Å². The molecule has 0 aliphatic carbocycles. The lowest BCUT2D eigenvalue weighted by Crippen LogP contribution is -2.48. The molecule has 0 radical (unpaired) electrons. The van der Waals surface area contributed by atoms with Crippen LogP contribution < -0.4 is 14.8 Å². The Morgan fingerprint density at radius 2 is 1.77 bits per heavy atom. The summed E-state index contributed by atoms with van der Waals surface area (Å²) in [6.45, 7) is 3.52. The summed E-state index contributed by atoms with van der Waals surface area (Å²) in [7, 11) is 1.94. The number of hydrogen-bond acceptors (Lipinski definition) is 5. The van der Waals surface area contributed by atoms with Gasteiger partial charge in [0.05, 0.1) is 6.54 Å². The summed E-state index contributed by atoms with van der Waals surface area (Å²) < 4.78 is 17.3. The zero-order valence-corrected chi connectivity index (χ0v) is 17.5. The third-order valence-electron chi connectivity index (χ3n) is 5.96. The second kappa shape index (κ2) is 9.49. The largest absolute Gasteiger partial charge is 0.486 e. The maximum absolute atomic E-state index is 12.7. The minimum absolute atomic E-state index is 0.0245. The van der Waals surface area contributed by atoms with Gasteiger partial charge in [0.25, 0.3) is 0 Å². The van der Waals surface area contributed by atoms with Crippen molar-refractivity contribution >= 4 is 5.91 Å². The Morgan fingerprint density at radius 1 is 1.07 bits per heavy atom. The zero-order valence-electron chi connectivity index (χ0n) is 17.5. The van der Waals surface area contributed by atoms with Crippen molar-refractivity contribution in [2.75, 3.05) is 46.5 Å². The van der Waals surface area contributed by atoms with E-state index in [2.05, 4.69) is 29.6 Å². The molecule has 2 heterocycles. The molecule has 1 atom stereocenters. The van der Waals surface area contributed by atoms with Gasteiger partial charge in [-0.3, -0.25) is 9.69 Å². The minimum Gasteiger partial charge on any atom is -0.486 e. The van der Waals surface area contributed by atoms with Crippen molar-refractivity contribution < 1.29 is 19.0 Å². The standard InChI is InChI=1S/C24H30N2O4/c1-26(15-20-17-29-21-9-5-6-10-22(21)30-20)16-23(27)25-18-24(11-13-28-14-12-24)19-7-3-2-4-8-19/h2-10,20H,11-18H2,1H3,(H,25,27). The minimum atomic E-state index is -0.0937. The number of nitrogens with zero attached hydrogens (tertiary/aromatic N) is 1. The van der Waals surface area contributed by atoms with E-state index in [1.54, 1.807) is 0 Å². The van der Waals surface area contributed by atoms with Crippen LogP contribution >= 0.6 is 0 Å². The molecule has 4 rings (SSSR count). The number of carbonyl (C=O) groups excluding carboxylic acids is 1. The molecule has 2 aromatic carbocycles. The molecule has 1 unspecified atom stereocenters. The van der Waals surface area contributed by atoms with E-state index in [0.717, 1.165) is 37.6 Å². The summed E-state index contributed by atoms with van der Waals surface area (Å²) in [6, 6.07) is 18.1. The predicted molar refractivity (Wildman–Crippen MR) is 115 cm³/mol. The van der Waals surface area contributed by atoms with Crippen LogP contribution in [0.15, 0.2) is 54.6 Å². The van der Waals surface area contributed by atoms with Gasteiger partial charge in [-0.25, -0.2) is 0 Å². The molecule has 0 bridgehead atoms. The second-order valence-corrected chi connectivity index (χ2v) is 8.23.